The molecule has 0 aliphatic rings. The summed E-state index contributed by atoms with van der Waals surface area (Å²) >= 11 is 1.43. The van der Waals surface area contributed by atoms with Gasteiger partial charge in [-0.05, 0) is 35.6 Å². The van der Waals surface area contributed by atoms with Gasteiger partial charge in [-0.25, -0.2) is 13.8 Å². The van der Waals surface area contributed by atoms with E-state index in [4.69, 9.17) is 0 Å². The van der Waals surface area contributed by atoms with Crippen LogP contribution in [0.2, 0.25) is 0 Å². The highest BCUT2D eigenvalue weighted by Crippen LogP contribution is 2.29. The summed E-state index contributed by atoms with van der Waals surface area (Å²) in [6.07, 6.45) is 2.16. The monoisotopic (exact) mass is 416 g/mol. The Hall–Kier alpha value is -2.64. The maximum atomic E-state index is 14.1. The highest BCUT2D eigenvalue weighted by molar-refractivity contribution is 7.09. The lowest BCUT2D eigenvalue weighted by Crippen LogP contribution is -2.40. The molecule has 2 aromatic carbocycles. The predicted octanol–water partition coefficient (Wildman–Crippen LogP) is 5.27. The number of aliphatic carboxylic acids is 1. The van der Waals surface area contributed by atoms with Gasteiger partial charge >= 0.3 is 5.97 Å². The molecule has 0 radical (unpaired) electrons. The summed E-state index contributed by atoms with van der Waals surface area (Å²) < 4.78 is 27.2. The van der Waals surface area contributed by atoms with Gasteiger partial charge in [-0.2, -0.15) is 0 Å². The lowest BCUT2D eigenvalue weighted by molar-refractivity contribution is -0.140. The van der Waals surface area contributed by atoms with E-state index in [0.717, 1.165) is 16.6 Å². The molecule has 0 bridgehead atoms. The van der Waals surface area contributed by atoms with Crippen LogP contribution in [-0.4, -0.2) is 22.1 Å². The zero-order chi connectivity index (χ0) is 21.0. The Bertz CT molecular complexity index is 959. The molecule has 152 valence electrons. The molecule has 0 fully saturated rings. The van der Waals surface area contributed by atoms with Crippen molar-refractivity contribution in [1.82, 2.24) is 10.3 Å². The molecule has 1 heterocycles. The quantitative estimate of drug-likeness (QED) is 0.525. The van der Waals surface area contributed by atoms with E-state index in [9.17, 15) is 18.7 Å². The van der Waals surface area contributed by atoms with E-state index in [1.165, 1.54) is 23.5 Å². The minimum absolute atomic E-state index is 0.212. The lowest BCUT2D eigenvalue weighted by atomic mass is 9.98. The molecule has 2 atom stereocenters. The van der Waals surface area contributed by atoms with Crippen molar-refractivity contribution in [3.63, 3.8) is 0 Å². The highest BCUT2D eigenvalue weighted by Gasteiger charge is 2.26. The molecule has 4 nitrogen and oxygen atoms in total. The van der Waals surface area contributed by atoms with Crippen molar-refractivity contribution < 1.29 is 18.7 Å². The van der Waals surface area contributed by atoms with Crippen molar-refractivity contribution in [2.75, 3.05) is 0 Å². The molecular formula is C22H22F2N2O2S. The fourth-order valence-electron chi connectivity index (χ4n) is 3.18. The standard InChI is InChI=1S/C22H22F2N2O2S/c1-13(2)11-19(22(27)28)26-20(21-25-9-10-29-21)15-5-3-14(4-6-15)17-8-7-16(23)12-18(17)24/h3-10,12-13,19-20,26H,11H2,1-2H3,(H,27,28)/t19-,20-/m0/s1. The van der Waals surface area contributed by atoms with Crippen LogP contribution < -0.4 is 5.32 Å². The minimum Gasteiger partial charge on any atom is -0.480 e. The second kappa shape index (κ2) is 9.24. The Kier molecular flexibility index (Phi) is 6.71. The van der Waals surface area contributed by atoms with Crippen molar-refractivity contribution in [1.29, 1.82) is 0 Å². The third-order valence-corrected chi connectivity index (χ3v) is 5.40. The number of nitrogens with zero attached hydrogens (tertiary/aromatic N) is 1. The largest absolute Gasteiger partial charge is 0.480 e. The zero-order valence-corrected chi connectivity index (χ0v) is 16.9. The van der Waals surface area contributed by atoms with E-state index in [1.807, 2.05) is 31.4 Å². The third kappa shape index (κ3) is 5.25. The van der Waals surface area contributed by atoms with Gasteiger partial charge in [0.15, 0.2) is 0 Å². The number of hydrogen-bond acceptors (Lipinski definition) is 4. The molecule has 7 heteroatoms. The van der Waals surface area contributed by atoms with E-state index in [1.54, 1.807) is 18.3 Å². The molecule has 0 aliphatic heterocycles. The number of hydrogen-bond donors (Lipinski definition) is 2. The average molecular weight is 416 g/mol. The molecule has 0 unspecified atom stereocenters. The fraction of sp³-hybridized carbons (Fsp3) is 0.273. The Morgan fingerprint density at radius 3 is 2.45 bits per heavy atom. The lowest BCUT2D eigenvalue weighted by Gasteiger charge is -2.23. The van der Waals surface area contributed by atoms with E-state index in [0.29, 0.717) is 17.5 Å². The fourth-order valence-corrected chi connectivity index (χ4v) is 3.90. The van der Waals surface area contributed by atoms with E-state index in [-0.39, 0.29) is 5.92 Å². The summed E-state index contributed by atoms with van der Waals surface area (Å²) in [5, 5.41) is 15.4. The van der Waals surface area contributed by atoms with Crippen LogP contribution in [0.3, 0.4) is 0 Å². The van der Waals surface area contributed by atoms with Crippen LogP contribution in [0.1, 0.15) is 36.9 Å². The van der Waals surface area contributed by atoms with Crippen molar-refractivity contribution >= 4 is 17.3 Å². The number of carboxylic acid groups (broad SMARTS) is 1. The Labute approximate surface area is 172 Å². The summed E-state index contributed by atoms with van der Waals surface area (Å²) in [4.78, 5) is 16.1. The predicted molar refractivity (Wildman–Crippen MR) is 110 cm³/mol. The summed E-state index contributed by atoms with van der Waals surface area (Å²) in [5.41, 5.74) is 1.74. The first-order valence-electron chi connectivity index (χ1n) is 9.28. The molecule has 0 saturated carbocycles. The second-order valence-electron chi connectivity index (χ2n) is 7.24. The van der Waals surface area contributed by atoms with Crippen LogP contribution in [0, 0.1) is 17.6 Å². The zero-order valence-electron chi connectivity index (χ0n) is 16.1. The van der Waals surface area contributed by atoms with Gasteiger partial charge in [0.05, 0.1) is 6.04 Å². The van der Waals surface area contributed by atoms with Crippen LogP contribution in [0.15, 0.2) is 54.0 Å². The van der Waals surface area contributed by atoms with Gasteiger partial charge in [0.25, 0.3) is 0 Å². The third-order valence-electron chi connectivity index (χ3n) is 4.56. The van der Waals surface area contributed by atoms with Gasteiger partial charge in [0.2, 0.25) is 0 Å². The van der Waals surface area contributed by atoms with E-state index in [2.05, 4.69) is 10.3 Å². The molecule has 2 N–H and O–H groups in total. The second-order valence-corrected chi connectivity index (χ2v) is 8.16. The van der Waals surface area contributed by atoms with Crippen molar-refractivity contribution in [2.45, 2.75) is 32.4 Å². The first kappa shape index (κ1) is 21.1. The van der Waals surface area contributed by atoms with Crippen LogP contribution >= 0.6 is 11.3 Å². The van der Waals surface area contributed by atoms with Crippen LogP contribution in [0.4, 0.5) is 8.78 Å². The van der Waals surface area contributed by atoms with Crippen LogP contribution in [0.5, 0.6) is 0 Å². The average Bonchev–Trinajstić information content (AvgIpc) is 3.19. The number of halogens is 2. The molecule has 3 rings (SSSR count). The summed E-state index contributed by atoms with van der Waals surface area (Å²) in [7, 11) is 0. The van der Waals surface area contributed by atoms with Crippen molar-refractivity contribution in [2.24, 2.45) is 5.92 Å². The normalized spacial score (nSPS) is 13.4. The van der Waals surface area contributed by atoms with Gasteiger partial charge < -0.3 is 5.11 Å². The maximum absolute atomic E-state index is 14.1. The SMILES string of the molecule is CC(C)C[C@H](N[C@@H](c1ccc(-c2ccc(F)cc2F)cc1)c1nccs1)C(=O)O. The van der Waals surface area contributed by atoms with Gasteiger partial charge in [-0.15, -0.1) is 11.3 Å². The summed E-state index contributed by atoms with van der Waals surface area (Å²) in [6.45, 7) is 3.95. The van der Waals surface area contributed by atoms with E-state index < -0.39 is 29.7 Å². The van der Waals surface area contributed by atoms with Crippen molar-refractivity contribution in [3.05, 3.63) is 76.2 Å². The Morgan fingerprint density at radius 1 is 1.17 bits per heavy atom. The van der Waals surface area contributed by atoms with Gasteiger partial charge in [-0.1, -0.05) is 38.1 Å². The summed E-state index contributed by atoms with van der Waals surface area (Å²) in [6, 6.07) is 9.46. The molecule has 29 heavy (non-hydrogen) atoms. The molecule has 0 spiro atoms. The first-order chi connectivity index (χ1) is 13.8. The smallest absolute Gasteiger partial charge is 0.320 e. The summed E-state index contributed by atoms with van der Waals surface area (Å²) in [5.74, 6) is -1.95. The maximum Gasteiger partial charge on any atom is 0.320 e. The van der Waals surface area contributed by atoms with Gasteiger partial charge in [0.1, 0.15) is 22.7 Å². The number of carbonyl (C=O) groups is 1. The highest BCUT2D eigenvalue weighted by atomic mass is 32.1. The van der Waals surface area contributed by atoms with E-state index >= 15 is 0 Å². The van der Waals surface area contributed by atoms with Gasteiger partial charge in [-0.3, -0.25) is 10.1 Å². The number of benzene rings is 2. The number of nitrogens with one attached hydrogen (secondary N) is 1. The van der Waals surface area contributed by atoms with Crippen molar-refractivity contribution in [3.8, 4) is 11.1 Å². The van der Waals surface area contributed by atoms with Crippen LogP contribution in [-0.2, 0) is 4.79 Å². The molecule has 3 aromatic rings. The Balaban J connectivity index is 1.91. The number of thiazole rings is 1. The molecule has 1 aromatic heterocycles. The van der Waals surface area contributed by atoms with Gasteiger partial charge in [0, 0.05) is 23.2 Å². The molecular weight excluding hydrogens is 394 g/mol. The minimum atomic E-state index is -0.912. The molecule has 0 aliphatic carbocycles. The molecule has 0 amide bonds. The number of carboxylic acids is 1. The number of aromatic nitrogens is 1. The first-order valence-corrected chi connectivity index (χ1v) is 10.2. The van der Waals surface area contributed by atoms with Crippen LogP contribution in [0.25, 0.3) is 11.1 Å². The number of rotatable bonds is 8. The molecule has 0 saturated heterocycles. The Morgan fingerprint density at radius 2 is 1.90 bits per heavy atom. The topological polar surface area (TPSA) is 62.2 Å².